The number of amides is 2. The summed E-state index contributed by atoms with van der Waals surface area (Å²) in [4.78, 5) is 27.2. The Hall–Kier alpha value is -3.04. The van der Waals surface area contributed by atoms with Crippen molar-refractivity contribution in [2.45, 2.75) is 12.8 Å². The Labute approximate surface area is 178 Å². The first-order valence-electron chi connectivity index (χ1n) is 9.81. The van der Waals surface area contributed by atoms with E-state index in [9.17, 15) is 9.59 Å². The van der Waals surface area contributed by atoms with Crippen LogP contribution in [0.25, 0.3) is 11.0 Å². The molecule has 156 valence electrons. The summed E-state index contributed by atoms with van der Waals surface area (Å²) in [6, 6.07) is 12.9. The third-order valence-corrected chi connectivity index (χ3v) is 5.79. The van der Waals surface area contributed by atoms with Crippen molar-refractivity contribution in [3.05, 3.63) is 42.5 Å². The second kappa shape index (κ2) is 9.19. The Morgan fingerprint density at radius 3 is 2.63 bits per heavy atom. The average molecular weight is 426 g/mol. The Morgan fingerprint density at radius 1 is 1.07 bits per heavy atom. The molecule has 0 unspecified atom stereocenters. The number of likely N-dealkylation sites (tertiary alicyclic amines) is 1. The van der Waals surface area contributed by atoms with E-state index in [1.54, 1.807) is 7.11 Å². The lowest BCUT2D eigenvalue weighted by atomic mass is 9.95. The minimum Gasteiger partial charge on any atom is -0.495 e. The quantitative estimate of drug-likeness (QED) is 0.630. The normalized spacial score (nSPS) is 15.1. The van der Waals surface area contributed by atoms with Crippen LogP contribution in [-0.2, 0) is 9.59 Å². The van der Waals surface area contributed by atoms with E-state index in [4.69, 9.17) is 4.74 Å². The van der Waals surface area contributed by atoms with E-state index in [1.807, 2.05) is 42.5 Å². The van der Waals surface area contributed by atoms with Crippen LogP contribution in [0, 0.1) is 5.92 Å². The van der Waals surface area contributed by atoms with Crippen molar-refractivity contribution >= 4 is 46.0 Å². The summed E-state index contributed by atoms with van der Waals surface area (Å²) in [5.74, 6) is 0.466. The van der Waals surface area contributed by atoms with Crippen LogP contribution in [0.15, 0.2) is 42.5 Å². The van der Waals surface area contributed by atoms with Crippen LogP contribution in [0.1, 0.15) is 12.8 Å². The van der Waals surface area contributed by atoms with Gasteiger partial charge in [-0.3, -0.25) is 14.5 Å². The van der Waals surface area contributed by atoms with Gasteiger partial charge in [0.1, 0.15) is 16.8 Å². The highest BCUT2D eigenvalue weighted by molar-refractivity contribution is 7.00. The second-order valence-corrected chi connectivity index (χ2v) is 7.75. The first kappa shape index (κ1) is 20.2. The van der Waals surface area contributed by atoms with E-state index in [0.717, 1.165) is 17.2 Å². The smallest absolute Gasteiger partial charge is 0.238 e. The number of methoxy groups -OCH3 is 1. The number of benzene rings is 2. The molecule has 3 aromatic rings. The zero-order chi connectivity index (χ0) is 20.9. The Kier molecular flexibility index (Phi) is 6.20. The van der Waals surface area contributed by atoms with Crippen LogP contribution in [0.3, 0.4) is 0 Å². The highest BCUT2D eigenvalue weighted by Gasteiger charge is 2.26. The van der Waals surface area contributed by atoms with Gasteiger partial charge < -0.3 is 15.4 Å². The van der Waals surface area contributed by atoms with Gasteiger partial charge in [-0.2, -0.15) is 8.75 Å². The molecule has 1 fully saturated rings. The van der Waals surface area contributed by atoms with Crippen molar-refractivity contribution in [1.29, 1.82) is 0 Å². The largest absolute Gasteiger partial charge is 0.495 e. The van der Waals surface area contributed by atoms with Gasteiger partial charge in [0.25, 0.3) is 0 Å². The zero-order valence-electron chi connectivity index (χ0n) is 16.6. The third-order valence-electron chi connectivity index (χ3n) is 5.25. The van der Waals surface area contributed by atoms with Gasteiger partial charge in [-0.05, 0) is 50.2 Å². The predicted octanol–water partition coefficient (Wildman–Crippen LogP) is 2.99. The minimum atomic E-state index is -0.0903. The summed E-state index contributed by atoms with van der Waals surface area (Å²) >= 11 is 1.13. The zero-order valence-corrected chi connectivity index (χ0v) is 17.4. The van der Waals surface area contributed by atoms with Crippen LogP contribution in [0.4, 0.5) is 11.4 Å². The Morgan fingerprint density at radius 2 is 1.83 bits per heavy atom. The monoisotopic (exact) mass is 425 g/mol. The molecule has 0 saturated carbocycles. The number of aromatic nitrogens is 2. The van der Waals surface area contributed by atoms with Crippen molar-refractivity contribution in [2.24, 2.45) is 5.92 Å². The molecule has 0 spiro atoms. The topological polar surface area (TPSA) is 96.5 Å². The number of hydrogen-bond donors (Lipinski definition) is 2. The average Bonchev–Trinajstić information content (AvgIpc) is 3.24. The summed E-state index contributed by atoms with van der Waals surface area (Å²) < 4.78 is 13.7. The molecular formula is C21H23N5O3S. The second-order valence-electron chi connectivity index (χ2n) is 7.23. The fourth-order valence-corrected chi connectivity index (χ4v) is 4.19. The Bertz CT molecular complexity index is 1050. The van der Waals surface area contributed by atoms with Crippen LogP contribution >= 0.6 is 11.7 Å². The number of nitrogens with one attached hydrogen (secondary N) is 2. The van der Waals surface area contributed by atoms with Gasteiger partial charge in [0.15, 0.2) is 0 Å². The van der Waals surface area contributed by atoms with Crippen molar-refractivity contribution in [1.82, 2.24) is 13.6 Å². The number of ether oxygens (including phenoxy) is 1. The molecule has 2 heterocycles. The number of para-hydroxylation sites is 2. The maximum atomic E-state index is 12.6. The van der Waals surface area contributed by atoms with Gasteiger partial charge in [0.2, 0.25) is 11.8 Å². The number of nitrogens with zero attached hydrogens (tertiary/aromatic N) is 3. The van der Waals surface area contributed by atoms with Gasteiger partial charge in [-0.15, -0.1) is 0 Å². The first-order valence-corrected chi connectivity index (χ1v) is 10.5. The highest BCUT2D eigenvalue weighted by Crippen LogP contribution is 2.26. The molecule has 0 bridgehead atoms. The summed E-state index contributed by atoms with van der Waals surface area (Å²) in [6.45, 7) is 1.68. The third kappa shape index (κ3) is 4.58. The maximum absolute atomic E-state index is 12.6. The molecule has 1 aliphatic rings. The SMILES string of the molecule is COc1ccccc1NC(=O)C1CCN(CC(=O)Nc2cccc3nsnc23)CC1. The van der Waals surface area contributed by atoms with Crippen LogP contribution in [0.2, 0.25) is 0 Å². The number of rotatable bonds is 6. The van der Waals surface area contributed by atoms with Gasteiger partial charge >= 0.3 is 0 Å². The molecule has 0 aliphatic carbocycles. The number of fused-ring (bicyclic) bond motifs is 1. The van der Waals surface area contributed by atoms with Crippen LogP contribution in [-0.4, -0.2) is 52.2 Å². The molecule has 2 amide bonds. The lowest BCUT2D eigenvalue weighted by Crippen LogP contribution is -2.41. The number of carbonyl (C=O) groups is 2. The number of hydrogen-bond acceptors (Lipinski definition) is 7. The molecule has 2 N–H and O–H groups in total. The molecule has 1 aromatic heterocycles. The van der Waals surface area contributed by atoms with E-state index in [1.165, 1.54) is 0 Å². The van der Waals surface area contributed by atoms with Gasteiger partial charge in [-0.1, -0.05) is 18.2 Å². The van der Waals surface area contributed by atoms with Crippen molar-refractivity contribution < 1.29 is 14.3 Å². The van der Waals surface area contributed by atoms with Crippen LogP contribution < -0.4 is 15.4 Å². The maximum Gasteiger partial charge on any atom is 0.238 e. The number of carbonyl (C=O) groups excluding carboxylic acids is 2. The summed E-state index contributed by atoms with van der Waals surface area (Å²) in [7, 11) is 1.58. The standard InChI is InChI=1S/C21H23N5O3S/c1-29-18-8-3-2-5-15(18)23-21(28)14-9-11-26(12-10-14)13-19(27)22-16-6-4-7-17-20(16)25-30-24-17/h2-8,14H,9-13H2,1H3,(H,22,27)(H,23,28). The van der Waals surface area contributed by atoms with Gasteiger partial charge in [0, 0.05) is 5.92 Å². The molecule has 4 rings (SSSR count). The minimum absolute atomic E-state index is 0.00804. The van der Waals surface area contributed by atoms with E-state index < -0.39 is 0 Å². The summed E-state index contributed by atoms with van der Waals surface area (Å²) in [6.07, 6.45) is 1.42. The van der Waals surface area contributed by atoms with Gasteiger partial charge in [0.05, 0.1) is 36.8 Å². The van der Waals surface area contributed by atoms with E-state index in [0.29, 0.717) is 48.6 Å². The van der Waals surface area contributed by atoms with Crippen molar-refractivity contribution in [2.75, 3.05) is 37.4 Å². The number of piperidine rings is 1. The molecular weight excluding hydrogens is 402 g/mol. The Balaban J connectivity index is 1.27. The summed E-state index contributed by atoms with van der Waals surface area (Å²) in [5, 5.41) is 5.89. The fraction of sp³-hybridized carbons (Fsp3) is 0.333. The highest BCUT2D eigenvalue weighted by atomic mass is 32.1. The molecule has 1 aliphatic heterocycles. The fourth-order valence-electron chi connectivity index (χ4n) is 3.64. The first-order chi connectivity index (χ1) is 14.6. The molecule has 30 heavy (non-hydrogen) atoms. The number of anilines is 2. The van der Waals surface area contributed by atoms with E-state index >= 15 is 0 Å². The van der Waals surface area contributed by atoms with Crippen molar-refractivity contribution in [3.63, 3.8) is 0 Å². The molecule has 8 nitrogen and oxygen atoms in total. The summed E-state index contributed by atoms with van der Waals surface area (Å²) in [5.41, 5.74) is 2.84. The molecule has 2 aromatic carbocycles. The molecule has 0 atom stereocenters. The van der Waals surface area contributed by atoms with E-state index in [-0.39, 0.29) is 24.3 Å². The lowest BCUT2D eigenvalue weighted by molar-refractivity contribution is -0.121. The van der Waals surface area contributed by atoms with Gasteiger partial charge in [-0.25, -0.2) is 0 Å². The molecule has 1 saturated heterocycles. The van der Waals surface area contributed by atoms with Crippen molar-refractivity contribution in [3.8, 4) is 5.75 Å². The predicted molar refractivity (Wildman–Crippen MR) is 117 cm³/mol. The molecule has 0 radical (unpaired) electrons. The van der Waals surface area contributed by atoms with Crippen LogP contribution in [0.5, 0.6) is 5.75 Å². The van der Waals surface area contributed by atoms with E-state index in [2.05, 4.69) is 24.3 Å². The lowest BCUT2D eigenvalue weighted by Gasteiger charge is -2.30. The molecule has 9 heteroatoms.